The summed E-state index contributed by atoms with van der Waals surface area (Å²) in [5.41, 5.74) is 6.60. The summed E-state index contributed by atoms with van der Waals surface area (Å²) in [4.78, 5) is 27.7. The second-order valence-corrected chi connectivity index (χ2v) is 8.97. The molecule has 1 atom stereocenters. The number of carbonyl (C=O) groups excluding carboxylic acids is 2. The van der Waals surface area contributed by atoms with Crippen molar-refractivity contribution in [2.45, 2.75) is 39.3 Å². The molecule has 3 aromatic rings. The van der Waals surface area contributed by atoms with Gasteiger partial charge in [0.2, 0.25) is 0 Å². The molecule has 2 aromatic carbocycles. The number of amides is 2. The van der Waals surface area contributed by atoms with Crippen LogP contribution in [0.1, 0.15) is 40.8 Å². The first-order valence-corrected chi connectivity index (χ1v) is 12.0. The van der Waals surface area contributed by atoms with Gasteiger partial charge in [-0.15, -0.1) is 0 Å². The Bertz CT molecular complexity index is 1090. The van der Waals surface area contributed by atoms with Crippen molar-refractivity contribution in [3.8, 4) is 0 Å². The summed E-state index contributed by atoms with van der Waals surface area (Å²) >= 11 is 1.65. The highest BCUT2D eigenvalue weighted by Gasteiger charge is 2.26. The predicted molar refractivity (Wildman–Crippen MR) is 130 cm³/mol. The molecule has 0 radical (unpaired) electrons. The van der Waals surface area contributed by atoms with Crippen LogP contribution >= 0.6 is 11.3 Å². The lowest BCUT2D eigenvalue weighted by molar-refractivity contribution is -0.136. The lowest BCUT2D eigenvalue weighted by Crippen LogP contribution is -2.43. The molecule has 32 heavy (non-hydrogen) atoms. The molecule has 0 spiro atoms. The number of nitrogens with one attached hydrogen (secondary N) is 2. The fourth-order valence-electron chi connectivity index (χ4n) is 4.35. The quantitative estimate of drug-likeness (QED) is 0.548. The number of hydrogen-bond acceptors (Lipinski definition) is 4. The summed E-state index contributed by atoms with van der Waals surface area (Å²) in [6.45, 7) is 6.12. The highest BCUT2D eigenvalue weighted by Crippen LogP contribution is 2.29. The highest BCUT2D eigenvalue weighted by molar-refractivity contribution is 7.08. The molecular formula is C26H29N3O2S. The Morgan fingerprint density at radius 3 is 2.62 bits per heavy atom. The first-order valence-electron chi connectivity index (χ1n) is 11.1. The van der Waals surface area contributed by atoms with Crippen LogP contribution in [0.15, 0.2) is 59.3 Å². The first kappa shape index (κ1) is 22.2. The molecule has 6 heteroatoms. The smallest absolute Gasteiger partial charge is 0.313 e. The molecule has 0 fully saturated rings. The van der Waals surface area contributed by atoms with Crippen molar-refractivity contribution in [1.82, 2.24) is 10.2 Å². The number of anilines is 1. The maximum atomic E-state index is 12.7. The largest absolute Gasteiger partial charge is 0.346 e. The van der Waals surface area contributed by atoms with Crippen LogP contribution < -0.4 is 10.6 Å². The molecule has 1 unspecified atom stereocenters. The average Bonchev–Trinajstić information content (AvgIpc) is 3.34. The van der Waals surface area contributed by atoms with Gasteiger partial charge in [0, 0.05) is 25.3 Å². The first-order chi connectivity index (χ1) is 15.6. The van der Waals surface area contributed by atoms with Crippen molar-refractivity contribution in [2.75, 3.05) is 18.4 Å². The van der Waals surface area contributed by atoms with Gasteiger partial charge >= 0.3 is 11.8 Å². The summed E-state index contributed by atoms with van der Waals surface area (Å²) < 4.78 is 0. The van der Waals surface area contributed by atoms with Crippen LogP contribution in [0.2, 0.25) is 0 Å². The van der Waals surface area contributed by atoms with Gasteiger partial charge in [0.25, 0.3) is 0 Å². The van der Waals surface area contributed by atoms with Gasteiger partial charge in [-0.1, -0.05) is 49.4 Å². The number of nitrogens with zero attached hydrogens (tertiary/aromatic N) is 1. The number of fused-ring (bicyclic) bond motifs is 1. The van der Waals surface area contributed by atoms with Gasteiger partial charge in [0.1, 0.15) is 0 Å². The van der Waals surface area contributed by atoms with Crippen molar-refractivity contribution < 1.29 is 9.59 Å². The van der Waals surface area contributed by atoms with E-state index in [9.17, 15) is 9.59 Å². The second-order valence-electron chi connectivity index (χ2n) is 8.19. The maximum Gasteiger partial charge on any atom is 0.313 e. The summed E-state index contributed by atoms with van der Waals surface area (Å²) in [6, 6.07) is 16.5. The van der Waals surface area contributed by atoms with Crippen LogP contribution in [0.3, 0.4) is 0 Å². The van der Waals surface area contributed by atoms with E-state index in [0.29, 0.717) is 6.54 Å². The van der Waals surface area contributed by atoms with Gasteiger partial charge in [0.15, 0.2) is 0 Å². The van der Waals surface area contributed by atoms with Crippen molar-refractivity contribution >= 4 is 28.8 Å². The van der Waals surface area contributed by atoms with Crippen LogP contribution in [0.25, 0.3) is 0 Å². The minimum absolute atomic E-state index is 0.0241. The molecule has 1 aliphatic rings. The van der Waals surface area contributed by atoms with Crippen molar-refractivity contribution in [2.24, 2.45) is 0 Å². The zero-order valence-corrected chi connectivity index (χ0v) is 19.4. The molecule has 2 amide bonds. The second kappa shape index (κ2) is 10.1. The number of benzene rings is 2. The summed E-state index contributed by atoms with van der Waals surface area (Å²) in [7, 11) is 0. The van der Waals surface area contributed by atoms with E-state index in [-0.39, 0.29) is 6.04 Å². The van der Waals surface area contributed by atoms with Crippen LogP contribution in [0, 0.1) is 6.92 Å². The molecule has 1 aromatic heterocycles. The average molecular weight is 448 g/mol. The van der Waals surface area contributed by atoms with E-state index >= 15 is 0 Å². The molecule has 2 heterocycles. The van der Waals surface area contributed by atoms with E-state index in [1.165, 1.54) is 16.7 Å². The Labute approximate surface area is 193 Å². The highest BCUT2D eigenvalue weighted by atomic mass is 32.1. The van der Waals surface area contributed by atoms with E-state index in [2.05, 4.69) is 56.6 Å². The molecule has 0 saturated heterocycles. The van der Waals surface area contributed by atoms with E-state index in [1.54, 1.807) is 11.3 Å². The molecule has 5 nitrogen and oxygen atoms in total. The van der Waals surface area contributed by atoms with E-state index in [0.717, 1.165) is 42.7 Å². The molecule has 1 aliphatic heterocycles. The van der Waals surface area contributed by atoms with Crippen LogP contribution in [0.4, 0.5) is 5.69 Å². The standard InChI is InChI=1S/C26H29N3O2S/c1-3-19-10-6-7-18(2)24(19)28-26(31)25(30)27-15-23(22-12-14-32-17-22)29-13-11-20-8-4-5-9-21(20)16-29/h4-10,12,14,17,23H,3,11,13,15-16H2,1-2H3,(H,27,30)(H,28,31). The molecule has 0 bridgehead atoms. The lowest BCUT2D eigenvalue weighted by Gasteiger charge is -2.35. The third-order valence-electron chi connectivity index (χ3n) is 6.17. The van der Waals surface area contributed by atoms with Gasteiger partial charge in [-0.2, -0.15) is 11.3 Å². The number of aryl methyl sites for hydroxylation is 2. The van der Waals surface area contributed by atoms with Gasteiger partial charge in [-0.05, 0) is 64.4 Å². The normalized spacial score (nSPS) is 14.4. The summed E-state index contributed by atoms with van der Waals surface area (Å²) in [5.74, 6) is -1.23. The Morgan fingerprint density at radius 2 is 1.88 bits per heavy atom. The minimum Gasteiger partial charge on any atom is -0.346 e. The molecule has 0 aliphatic carbocycles. The van der Waals surface area contributed by atoms with Crippen molar-refractivity contribution in [1.29, 1.82) is 0 Å². The molecule has 2 N–H and O–H groups in total. The monoisotopic (exact) mass is 447 g/mol. The zero-order valence-electron chi connectivity index (χ0n) is 18.6. The molecular weight excluding hydrogens is 418 g/mol. The Hall–Kier alpha value is -2.96. The Balaban J connectivity index is 1.44. The maximum absolute atomic E-state index is 12.7. The summed E-state index contributed by atoms with van der Waals surface area (Å²) in [6.07, 6.45) is 1.77. The number of rotatable bonds is 6. The number of para-hydroxylation sites is 1. The fourth-order valence-corrected chi connectivity index (χ4v) is 5.05. The SMILES string of the molecule is CCc1cccc(C)c1NC(=O)C(=O)NCC(c1ccsc1)N1CCc2ccccc2C1. The minimum atomic E-state index is -0.623. The predicted octanol–water partition coefficient (Wildman–Crippen LogP) is 4.47. The van der Waals surface area contributed by atoms with Crippen LogP contribution in [-0.2, 0) is 29.0 Å². The van der Waals surface area contributed by atoms with Gasteiger partial charge in [-0.25, -0.2) is 0 Å². The van der Waals surface area contributed by atoms with Gasteiger partial charge in [0.05, 0.1) is 6.04 Å². The molecule has 166 valence electrons. The van der Waals surface area contributed by atoms with Gasteiger partial charge < -0.3 is 10.6 Å². The topological polar surface area (TPSA) is 61.4 Å². The van der Waals surface area contributed by atoms with Crippen molar-refractivity contribution in [3.63, 3.8) is 0 Å². The van der Waals surface area contributed by atoms with E-state index in [1.807, 2.05) is 32.0 Å². The third-order valence-corrected chi connectivity index (χ3v) is 6.87. The Morgan fingerprint density at radius 1 is 1.06 bits per heavy atom. The third kappa shape index (κ3) is 4.92. The summed E-state index contributed by atoms with van der Waals surface area (Å²) in [5, 5.41) is 9.88. The zero-order chi connectivity index (χ0) is 22.5. The molecule has 4 rings (SSSR count). The molecule has 0 saturated carbocycles. The van der Waals surface area contributed by atoms with Crippen LogP contribution in [-0.4, -0.2) is 29.8 Å². The van der Waals surface area contributed by atoms with E-state index in [4.69, 9.17) is 0 Å². The van der Waals surface area contributed by atoms with Crippen LogP contribution in [0.5, 0.6) is 0 Å². The van der Waals surface area contributed by atoms with Crippen molar-refractivity contribution in [3.05, 3.63) is 87.1 Å². The Kier molecular flexibility index (Phi) is 7.02. The van der Waals surface area contributed by atoms with Gasteiger partial charge in [-0.3, -0.25) is 14.5 Å². The number of carbonyl (C=O) groups is 2. The fraction of sp³-hybridized carbons (Fsp3) is 0.308. The number of hydrogen-bond donors (Lipinski definition) is 2. The van der Waals surface area contributed by atoms with E-state index < -0.39 is 11.8 Å². The lowest BCUT2D eigenvalue weighted by atomic mass is 9.97. The number of thiophene rings is 1.